The number of alkyl halides is 3. The van der Waals surface area contributed by atoms with Gasteiger partial charge in [-0.3, -0.25) is 0 Å². The van der Waals surface area contributed by atoms with Gasteiger partial charge in [-0.25, -0.2) is 9.18 Å². The number of carbonyl (C=O) groups is 1. The molecule has 35 heavy (non-hydrogen) atoms. The van der Waals surface area contributed by atoms with Gasteiger partial charge in [0, 0.05) is 19.6 Å². The number of nitrogens with one attached hydrogen (secondary N) is 1. The first-order valence-electron chi connectivity index (χ1n) is 10.7. The smallest absolute Gasteiger partial charge is 0.418 e. The fraction of sp³-hybridized carbons (Fsp3) is 0.240. The number of hydrogen-bond donors (Lipinski definition) is 2. The van der Waals surface area contributed by atoms with Gasteiger partial charge < -0.3 is 25.4 Å². The number of ether oxygens (including phenoxy) is 2. The normalized spacial score (nSPS) is 11.1. The summed E-state index contributed by atoms with van der Waals surface area (Å²) in [5.41, 5.74) is 5.41. The molecule has 3 rings (SSSR count). The summed E-state index contributed by atoms with van der Waals surface area (Å²) in [4.78, 5) is 14.0. The molecular weight excluding hydrogens is 466 g/mol. The van der Waals surface area contributed by atoms with Crippen LogP contribution in [0.3, 0.4) is 0 Å². The molecule has 0 fully saturated rings. The monoisotopic (exact) mass is 491 g/mol. The molecule has 0 saturated carbocycles. The number of halogens is 4. The summed E-state index contributed by atoms with van der Waals surface area (Å²) >= 11 is 0. The average molecular weight is 491 g/mol. The zero-order valence-electron chi connectivity index (χ0n) is 18.9. The van der Waals surface area contributed by atoms with Crippen LogP contribution in [0.4, 0.5) is 28.0 Å². The average Bonchev–Trinajstić information content (AvgIpc) is 2.83. The molecule has 0 aliphatic carbocycles. The summed E-state index contributed by atoms with van der Waals surface area (Å²) in [6, 6.07) is 15.9. The van der Waals surface area contributed by atoms with E-state index in [0.29, 0.717) is 29.7 Å². The highest BCUT2D eigenvalue weighted by Crippen LogP contribution is 2.35. The van der Waals surface area contributed by atoms with Gasteiger partial charge in [-0.1, -0.05) is 36.4 Å². The second kappa shape index (κ2) is 11.6. The van der Waals surface area contributed by atoms with Crippen molar-refractivity contribution in [1.29, 1.82) is 0 Å². The van der Waals surface area contributed by atoms with Gasteiger partial charge in [-0.05, 0) is 41.5 Å². The van der Waals surface area contributed by atoms with Crippen LogP contribution in [0, 0.1) is 5.82 Å². The Bertz CT molecular complexity index is 1140. The third-order valence-electron chi connectivity index (χ3n) is 5.05. The van der Waals surface area contributed by atoms with Gasteiger partial charge in [-0.15, -0.1) is 0 Å². The molecule has 0 aliphatic heterocycles. The molecule has 6 nitrogen and oxygen atoms in total. The number of nitrogens with zero attached hydrogens (tertiary/aromatic N) is 1. The van der Waals surface area contributed by atoms with Crippen molar-refractivity contribution in [3.63, 3.8) is 0 Å². The summed E-state index contributed by atoms with van der Waals surface area (Å²) < 4.78 is 64.5. The molecule has 0 bridgehead atoms. The Kier molecular flexibility index (Phi) is 8.53. The minimum absolute atomic E-state index is 0.0426. The van der Waals surface area contributed by atoms with Gasteiger partial charge in [0.15, 0.2) is 11.5 Å². The first kappa shape index (κ1) is 25.8. The number of methoxy groups -OCH3 is 1. The van der Waals surface area contributed by atoms with Crippen LogP contribution in [0.1, 0.15) is 16.7 Å². The molecule has 0 heterocycles. The van der Waals surface area contributed by atoms with Crippen LogP contribution >= 0.6 is 0 Å². The molecule has 2 amide bonds. The highest BCUT2D eigenvalue weighted by atomic mass is 19.4. The van der Waals surface area contributed by atoms with Crippen LogP contribution in [0.15, 0.2) is 66.7 Å². The molecule has 0 saturated heterocycles. The topological polar surface area (TPSA) is 76.8 Å². The molecule has 0 aliphatic rings. The molecule has 0 spiro atoms. The Morgan fingerprint density at radius 2 is 1.74 bits per heavy atom. The van der Waals surface area contributed by atoms with Crippen molar-refractivity contribution in [2.75, 3.05) is 25.5 Å². The summed E-state index contributed by atoms with van der Waals surface area (Å²) in [6.45, 7) is 0.527. The van der Waals surface area contributed by atoms with Crippen molar-refractivity contribution in [2.24, 2.45) is 5.73 Å². The highest BCUT2D eigenvalue weighted by molar-refractivity contribution is 5.90. The van der Waals surface area contributed by atoms with E-state index in [2.05, 4.69) is 5.32 Å². The molecule has 3 N–H and O–H groups in total. The standard InChI is InChI=1S/C25H25F4N3O3/c1-34-23-13-18(7-10-22(23)35-16-17-5-3-2-4-6-17)15-32(12-11-30)24(33)31-21-9-8-19(26)14-20(21)25(27,28)29/h2-10,13-14H,11-12,15-16,30H2,1H3,(H,31,33). The fourth-order valence-corrected chi connectivity index (χ4v) is 3.35. The lowest BCUT2D eigenvalue weighted by Gasteiger charge is -2.24. The van der Waals surface area contributed by atoms with Crippen molar-refractivity contribution in [2.45, 2.75) is 19.3 Å². The van der Waals surface area contributed by atoms with E-state index in [0.717, 1.165) is 17.7 Å². The molecule has 0 atom stereocenters. The summed E-state index contributed by atoms with van der Waals surface area (Å²) in [5.74, 6) is -0.128. The Labute approximate surface area is 200 Å². The first-order chi connectivity index (χ1) is 16.7. The quantitative estimate of drug-likeness (QED) is 0.392. The molecule has 10 heteroatoms. The maximum absolute atomic E-state index is 13.4. The zero-order chi connectivity index (χ0) is 25.4. The predicted molar refractivity (Wildman–Crippen MR) is 124 cm³/mol. The van der Waals surface area contributed by atoms with Gasteiger partial charge in [0.2, 0.25) is 0 Å². The second-order valence-corrected chi connectivity index (χ2v) is 7.59. The van der Waals surface area contributed by atoms with Crippen molar-refractivity contribution in [1.82, 2.24) is 4.90 Å². The SMILES string of the molecule is COc1cc(CN(CCN)C(=O)Nc2ccc(F)cc2C(F)(F)F)ccc1OCc1ccccc1. The second-order valence-electron chi connectivity index (χ2n) is 7.59. The molecule has 186 valence electrons. The van der Waals surface area contributed by atoms with Crippen LogP contribution in [0.5, 0.6) is 11.5 Å². The number of nitrogens with two attached hydrogens (primary N) is 1. The number of urea groups is 1. The van der Waals surface area contributed by atoms with Gasteiger partial charge >= 0.3 is 12.2 Å². The van der Waals surface area contributed by atoms with Crippen molar-refractivity contribution in [3.8, 4) is 11.5 Å². The fourth-order valence-electron chi connectivity index (χ4n) is 3.35. The molecular formula is C25H25F4N3O3. The van der Waals surface area contributed by atoms with Crippen LogP contribution in [0.2, 0.25) is 0 Å². The Morgan fingerprint density at radius 3 is 2.40 bits per heavy atom. The Morgan fingerprint density at radius 1 is 1.00 bits per heavy atom. The molecule has 0 unspecified atom stereocenters. The third-order valence-corrected chi connectivity index (χ3v) is 5.05. The van der Waals surface area contributed by atoms with E-state index in [1.54, 1.807) is 18.2 Å². The van der Waals surface area contributed by atoms with Crippen LogP contribution in [-0.4, -0.2) is 31.1 Å². The van der Waals surface area contributed by atoms with Gasteiger partial charge in [0.05, 0.1) is 18.4 Å². The number of amides is 2. The van der Waals surface area contributed by atoms with Crippen molar-refractivity contribution in [3.05, 3.63) is 89.2 Å². The van der Waals surface area contributed by atoms with Gasteiger partial charge in [0.1, 0.15) is 12.4 Å². The van der Waals surface area contributed by atoms with E-state index in [9.17, 15) is 22.4 Å². The lowest BCUT2D eigenvalue weighted by Crippen LogP contribution is -2.38. The van der Waals surface area contributed by atoms with E-state index in [4.69, 9.17) is 15.2 Å². The van der Waals surface area contributed by atoms with E-state index < -0.39 is 29.3 Å². The van der Waals surface area contributed by atoms with Crippen molar-refractivity contribution >= 4 is 11.7 Å². The zero-order valence-corrected chi connectivity index (χ0v) is 18.9. The van der Waals surface area contributed by atoms with E-state index in [1.807, 2.05) is 30.3 Å². The highest BCUT2D eigenvalue weighted by Gasteiger charge is 2.34. The molecule has 3 aromatic rings. The number of anilines is 1. The Balaban J connectivity index is 1.74. The number of hydrogen-bond acceptors (Lipinski definition) is 4. The lowest BCUT2D eigenvalue weighted by atomic mass is 10.1. The largest absolute Gasteiger partial charge is 0.493 e. The maximum Gasteiger partial charge on any atom is 0.418 e. The predicted octanol–water partition coefficient (Wildman–Crippen LogP) is 5.42. The minimum Gasteiger partial charge on any atom is -0.493 e. The molecule has 0 radical (unpaired) electrons. The third kappa shape index (κ3) is 7.10. The summed E-state index contributed by atoms with van der Waals surface area (Å²) in [5, 5.41) is 2.22. The first-order valence-corrected chi connectivity index (χ1v) is 10.7. The van der Waals surface area contributed by atoms with Crippen molar-refractivity contribution < 1.29 is 31.8 Å². The Hall–Kier alpha value is -3.79. The van der Waals surface area contributed by atoms with E-state index in [1.165, 1.54) is 12.0 Å². The van der Waals surface area contributed by atoms with Crippen LogP contribution < -0.4 is 20.5 Å². The van der Waals surface area contributed by atoms with E-state index in [-0.39, 0.29) is 19.6 Å². The molecule has 3 aromatic carbocycles. The number of rotatable bonds is 9. The molecule has 0 aromatic heterocycles. The lowest BCUT2D eigenvalue weighted by molar-refractivity contribution is -0.137. The van der Waals surface area contributed by atoms with Crippen LogP contribution in [0.25, 0.3) is 0 Å². The van der Waals surface area contributed by atoms with E-state index >= 15 is 0 Å². The number of carbonyl (C=O) groups excluding carboxylic acids is 1. The minimum atomic E-state index is -4.84. The number of benzene rings is 3. The van der Waals surface area contributed by atoms with Crippen LogP contribution in [-0.2, 0) is 19.3 Å². The summed E-state index contributed by atoms with van der Waals surface area (Å²) in [6.07, 6.45) is -4.84. The van der Waals surface area contributed by atoms with Gasteiger partial charge in [-0.2, -0.15) is 13.2 Å². The maximum atomic E-state index is 13.4. The summed E-state index contributed by atoms with van der Waals surface area (Å²) in [7, 11) is 1.48. The van der Waals surface area contributed by atoms with Gasteiger partial charge in [0.25, 0.3) is 0 Å².